The molecular weight excluding hydrogens is 577 g/mol. The summed E-state index contributed by atoms with van der Waals surface area (Å²) < 4.78 is 30.0. The number of rotatable bonds is 7. The van der Waals surface area contributed by atoms with Crippen LogP contribution in [-0.4, -0.2) is 64.9 Å². The highest BCUT2D eigenvalue weighted by Crippen LogP contribution is 2.36. The largest absolute Gasteiger partial charge is 0.455 e. The van der Waals surface area contributed by atoms with Crippen LogP contribution in [0.25, 0.3) is 11.2 Å². The predicted octanol–water partition coefficient (Wildman–Crippen LogP) is 5.59. The van der Waals surface area contributed by atoms with Crippen molar-refractivity contribution in [3.05, 3.63) is 71.8 Å². The van der Waals surface area contributed by atoms with Crippen molar-refractivity contribution in [2.45, 2.75) is 51.8 Å². The van der Waals surface area contributed by atoms with Gasteiger partial charge in [-0.05, 0) is 63.4 Å². The van der Waals surface area contributed by atoms with E-state index < -0.39 is 17.5 Å². The number of carbonyl (C=O) groups excluding carboxylic acids is 1. The van der Waals surface area contributed by atoms with Crippen molar-refractivity contribution >= 4 is 40.4 Å². The van der Waals surface area contributed by atoms with Crippen LogP contribution in [-0.2, 0) is 11.3 Å². The maximum Gasteiger partial charge on any atom is 0.407 e. The minimum absolute atomic E-state index is 0.0581. The Balaban J connectivity index is 1.14. The van der Waals surface area contributed by atoms with Crippen LogP contribution >= 0.6 is 11.6 Å². The zero-order valence-corrected chi connectivity index (χ0v) is 24.7. The lowest BCUT2D eigenvalue weighted by Gasteiger charge is -2.32. The lowest BCUT2D eigenvalue weighted by atomic mass is 10.0. The number of carbonyl (C=O) groups is 1. The molecule has 224 valence electrons. The number of nitrogens with zero attached hydrogens (tertiary/aromatic N) is 7. The van der Waals surface area contributed by atoms with Crippen LogP contribution in [0.4, 0.5) is 20.7 Å². The number of piperidine rings is 1. The van der Waals surface area contributed by atoms with Gasteiger partial charge in [-0.2, -0.15) is 10.2 Å². The van der Waals surface area contributed by atoms with Crippen LogP contribution in [0.3, 0.4) is 0 Å². The third-order valence-corrected chi connectivity index (χ3v) is 7.37. The van der Waals surface area contributed by atoms with E-state index in [1.54, 1.807) is 39.5 Å². The maximum atomic E-state index is 15.5. The molecule has 1 fully saturated rings. The fourth-order valence-electron chi connectivity index (χ4n) is 5.01. The van der Waals surface area contributed by atoms with Gasteiger partial charge >= 0.3 is 6.09 Å². The molecule has 0 atom stereocenters. The summed E-state index contributed by atoms with van der Waals surface area (Å²) >= 11 is 6.39. The van der Waals surface area contributed by atoms with E-state index in [4.69, 9.17) is 21.1 Å². The molecule has 1 aliphatic heterocycles. The van der Waals surface area contributed by atoms with Crippen molar-refractivity contribution in [2.24, 2.45) is 0 Å². The van der Waals surface area contributed by atoms with Gasteiger partial charge in [-0.3, -0.25) is 4.90 Å². The van der Waals surface area contributed by atoms with Crippen molar-refractivity contribution < 1.29 is 18.7 Å². The van der Waals surface area contributed by atoms with E-state index in [0.717, 1.165) is 37.0 Å². The number of likely N-dealkylation sites (tertiary alicyclic amines) is 1. The number of alkyl carbamates (subject to hydrolysis) is 1. The van der Waals surface area contributed by atoms with Crippen LogP contribution in [0, 0.1) is 5.82 Å². The molecule has 5 aromatic rings. The molecule has 4 aromatic heterocycles. The van der Waals surface area contributed by atoms with Gasteiger partial charge in [0.2, 0.25) is 0 Å². The van der Waals surface area contributed by atoms with E-state index in [1.807, 2.05) is 33.0 Å². The summed E-state index contributed by atoms with van der Waals surface area (Å²) in [5.41, 5.74) is 1.91. The summed E-state index contributed by atoms with van der Waals surface area (Å²) in [4.78, 5) is 23.0. The van der Waals surface area contributed by atoms with Crippen molar-refractivity contribution in [3.8, 4) is 11.5 Å². The van der Waals surface area contributed by atoms with E-state index in [0.29, 0.717) is 23.8 Å². The second kappa shape index (κ2) is 11.7. The number of benzene rings is 1. The minimum Gasteiger partial charge on any atom is -0.455 e. The number of ether oxygens (including phenoxy) is 2. The molecule has 0 bridgehead atoms. The highest BCUT2D eigenvalue weighted by atomic mass is 35.5. The van der Waals surface area contributed by atoms with Gasteiger partial charge in [0.25, 0.3) is 0 Å². The van der Waals surface area contributed by atoms with E-state index in [-0.39, 0.29) is 22.5 Å². The average molecular weight is 608 g/mol. The predicted molar refractivity (Wildman–Crippen MR) is 158 cm³/mol. The zero-order chi connectivity index (χ0) is 30.1. The van der Waals surface area contributed by atoms with Gasteiger partial charge in [0.1, 0.15) is 40.3 Å². The number of fused-ring (bicyclic) bond motifs is 2. The average Bonchev–Trinajstić information content (AvgIpc) is 3.60. The van der Waals surface area contributed by atoms with Gasteiger partial charge in [-0.1, -0.05) is 11.6 Å². The Morgan fingerprint density at radius 2 is 1.81 bits per heavy atom. The summed E-state index contributed by atoms with van der Waals surface area (Å²) in [6.45, 7) is 7.78. The summed E-state index contributed by atoms with van der Waals surface area (Å²) in [7, 11) is 0. The number of halogens is 2. The summed E-state index contributed by atoms with van der Waals surface area (Å²) in [5.74, 6) is 0.376. The van der Waals surface area contributed by atoms with E-state index >= 15 is 4.39 Å². The summed E-state index contributed by atoms with van der Waals surface area (Å²) in [6.07, 6.45) is 7.59. The fourth-order valence-corrected chi connectivity index (χ4v) is 5.21. The van der Waals surface area contributed by atoms with E-state index in [2.05, 4.69) is 35.7 Å². The van der Waals surface area contributed by atoms with Crippen LogP contribution < -0.4 is 15.4 Å². The first-order valence-corrected chi connectivity index (χ1v) is 14.3. The molecule has 14 heteroatoms. The first-order chi connectivity index (χ1) is 20.6. The molecule has 1 amide bonds. The molecule has 12 nitrogen and oxygen atoms in total. The van der Waals surface area contributed by atoms with Gasteiger partial charge in [0, 0.05) is 44.1 Å². The Bertz CT molecular complexity index is 1780. The normalized spacial score (nSPS) is 14.7. The molecule has 0 aliphatic carbocycles. The quantitative estimate of drug-likeness (QED) is 0.244. The van der Waals surface area contributed by atoms with Crippen molar-refractivity contribution in [2.75, 3.05) is 18.4 Å². The second-order valence-electron chi connectivity index (χ2n) is 11.3. The second-order valence-corrected chi connectivity index (χ2v) is 11.7. The smallest absolute Gasteiger partial charge is 0.407 e. The van der Waals surface area contributed by atoms with Crippen molar-refractivity contribution in [1.29, 1.82) is 0 Å². The van der Waals surface area contributed by atoms with Gasteiger partial charge in [-0.25, -0.2) is 28.2 Å². The Morgan fingerprint density at radius 1 is 1.07 bits per heavy atom. The standard InChI is InChI=1S/C29H31ClFN9O3/c1-29(2,3)43-28(41)36-19-7-10-38(11-8-19)15-18-6-12-40-26(18)27(33-17-35-40)37-21-4-5-22(24(30)25(21)31)42-20-9-13-39-23(14-20)32-16-34-39/h4-6,9,12-14,16-17,19H,7-8,10-11,15H2,1-3H3,(H,36,41)(H,33,35,37). The Labute approximate surface area is 251 Å². The minimum atomic E-state index is -0.674. The molecule has 1 aliphatic rings. The van der Waals surface area contributed by atoms with Gasteiger partial charge < -0.3 is 20.1 Å². The molecule has 5 heterocycles. The molecule has 1 saturated heterocycles. The number of hydrogen-bond donors (Lipinski definition) is 2. The molecule has 0 spiro atoms. The maximum absolute atomic E-state index is 15.5. The first-order valence-electron chi connectivity index (χ1n) is 13.9. The van der Waals surface area contributed by atoms with E-state index in [1.165, 1.54) is 12.7 Å². The highest BCUT2D eigenvalue weighted by molar-refractivity contribution is 6.32. The molecule has 0 saturated carbocycles. The number of nitrogens with one attached hydrogen (secondary N) is 2. The monoisotopic (exact) mass is 607 g/mol. The third kappa shape index (κ3) is 6.47. The van der Waals surface area contributed by atoms with Gasteiger partial charge in [-0.15, -0.1) is 0 Å². The van der Waals surface area contributed by atoms with Crippen molar-refractivity contribution in [1.82, 2.24) is 39.4 Å². The first kappa shape index (κ1) is 28.6. The highest BCUT2D eigenvalue weighted by Gasteiger charge is 2.25. The lowest BCUT2D eigenvalue weighted by Crippen LogP contribution is -2.45. The molecule has 2 N–H and O–H groups in total. The molecular formula is C29H31ClFN9O3. The summed E-state index contributed by atoms with van der Waals surface area (Å²) in [6, 6.07) is 8.55. The molecule has 0 unspecified atom stereocenters. The Kier molecular flexibility index (Phi) is 7.75. The zero-order valence-electron chi connectivity index (χ0n) is 23.9. The van der Waals surface area contributed by atoms with Gasteiger partial charge in [0.15, 0.2) is 17.3 Å². The lowest BCUT2D eigenvalue weighted by molar-refractivity contribution is 0.0477. The molecule has 43 heavy (non-hydrogen) atoms. The third-order valence-electron chi connectivity index (χ3n) is 7.02. The Morgan fingerprint density at radius 3 is 2.60 bits per heavy atom. The van der Waals surface area contributed by atoms with Crippen LogP contribution in [0.2, 0.25) is 5.02 Å². The number of anilines is 2. The SMILES string of the molecule is CC(C)(C)OC(=O)NC1CCN(Cc2ccn3ncnc(Nc4ccc(Oc5ccn6ncnc6c5)c(Cl)c4F)c23)CC1. The molecule has 0 radical (unpaired) electrons. The fraction of sp³-hybridized carbons (Fsp3) is 0.345. The number of hydrogen-bond acceptors (Lipinski definition) is 9. The Hall–Kier alpha value is -4.49. The number of amides is 1. The van der Waals surface area contributed by atoms with Crippen LogP contribution in [0.5, 0.6) is 11.5 Å². The van der Waals surface area contributed by atoms with Gasteiger partial charge in [0.05, 0.1) is 5.69 Å². The van der Waals surface area contributed by atoms with Crippen LogP contribution in [0.1, 0.15) is 39.2 Å². The number of aromatic nitrogens is 6. The summed E-state index contributed by atoms with van der Waals surface area (Å²) in [5, 5.41) is 14.3. The molecule has 6 rings (SSSR count). The van der Waals surface area contributed by atoms with Crippen LogP contribution in [0.15, 0.2) is 55.4 Å². The molecule has 1 aromatic carbocycles. The topological polar surface area (TPSA) is 123 Å². The van der Waals surface area contributed by atoms with E-state index in [9.17, 15) is 4.79 Å². The number of pyridine rings is 1. The van der Waals surface area contributed by atoms with Crippen molar-refractivity contribution in [3.63, 3.8) is 0 Å².